The van der Waals surface area contributed by atoms with Gasteiger partial charge in [0.05, 0.1) is 11.4 Å². The number of rotatable bonds is 15. The number of anilines is 6. The van der Waals surface area contributed by atoms with Crippen molar-refractivity contribution in [2.24, 2.45) is 0 Å². The van der Waals surface area contributed by atoms with E-state index >= 15 is 0 Å². The largest absolute Gasteiger partial charge is 0.310 e. The molecule has 2 heteroatoms. The summed E-state index contributed by atoms with van der Waals surface area (Å²) in [6.45, 7) is 0. The molecular formula is C102H70N2. The molecule has 0 saturated carbocycles. The van der Waals surface area contributed by atoms with E-state index in [0.717, 1.165) is 34.1 Å². The molecule has 0 saturated heterocycles. The van der Waals surface area contributed by atoms with Crippen LogP contribution in [0.4, 0.5) is 34.1 Å². The summed E-state index contributed by atoms with van der Waals surface area (Å²) >= 11 is 0. The number of benzene rings is 17. The minimum Gasteiger partial charge on any atom is -0.310 e. The molecule has 19 rings (SSSR count). The van der Waals surface area contributed by atoms with Gasteiger partial charge in [-0.15, -0.1) is 0 Å². The maximum absolute atomic E-state index is 2.41. The Morgan fingerprint density at radius 1 is 0.173 bits per heavy atom. The molecule has 19 aromatic carbocycles. The van der Waals surface area contributed by atoms with Gasteiger partial charge in [-0.1, -0.05) is 352 Å². The van der Waals surface area contributed by atoms with Gasteiger partial charge in [-0.2, -0.15) is 0 Å². The van der Waals surface area contributed by atoms with E-state index in [1.807, 2.05) is 0 Å². The van der Waals surface area contributed by atoms with E-state index in [2.05, 4.69) is 434 Å². The zero-order chi connectivity index (χ0) is 69.1. The van der Waals surface area contributed by atoms with Gasteiger partial charge in [-0.05, 0) is 205 Å². The number of fused-ring (bicyclic) bond motifs is 6. The Morgan fingerprint density at radius 3 is 0.692 bits per heavy atom. The third kappa shape index (κ3) is 11.7. The van der Waals surface area contributed by atoms with E-state index in [-0.39, 0.29) is 0 Å². The summed E-state index contributed by atoms with van der Waals surface area (Å²) in [5.74, 6) is 0. The molecule has 0 heterocycles. The van der Waals surface area contributed by atoms with E-state index < -0.39 is 0 Å². The zero-order valence-corrected chi connectivity index (χ0v) is 57.3. The van der Waals surface area contributed by atoms with Gasteiger partial charge in [0.1, 0.15) is 0 Å². The summed E-state index contributed by atoms with van der Waals surface area (Å²) < 4.78 is 0. The minimum absolute atomic E-state index is 1.13. The van der Waals surface area contributed by atoms with Crippen LogP contribution in [0.25, 0.3) is 121 Å². The lowest BCUT2D eigenvalue weighted by molar-refractivity contribution is 1.30. The van der Waals surface area contributed by atoms with Crippen molar-refractivity contribution in [1.29, 1.82) is 0 Å². The first-order valence-corrected chi connectivity index (χ1v) is 35.8. The van der Waals surface area contributed by atoms with Crippen molar-refractivity contribution in [3.63, 3.8) is 0 Å². The van der Waals surface area contributed by atoms with E-state index in [1.54, 1.807) is 0 Å². The molecule has 0 aliphatic heterocycles. The molecular weight excluding hydrogens is 1250 g/mol. The third-order valence-electron chi connectivity index (χ3n) is 20.4. The average Bonchev–Trinajstić information content (AvgIpc) is 1.51. The predicted molar refractivity (Wildman–Crippen MR) is 446 cm³/mol. The van der Waals surface area contributed by atoms with Crippen LogP contribution in [0.1, 0.15) is 33.4 Å². The number of hydrogen-bond donors (Lipinski definition) is 0. The van der Waals surface area contributed by atoms with Gasteiger partial charge in [0.2, 0.25) is 0 Å². The third-order valence-corrected chi connectivity index (χ3v) is 20.4. The lowest BCUT2D eigenvalue weighted by Crippen LogP contribution is -2.10. The van der Waals surface area contributed by atoms with Crippen molar-refractivity contribution >= 4 is 122 Å². The smallest absolute Gasteiger partial charge is 0.0540 e. The van der Waals surface area contributed by atoms with Gasteiger partial charge < -0.3 is 9.80 Å². The second-order valence-corrected chi connectivity index (χ2v) is 26.5. The average molecular weight is 1320 g/mol. The van der Waals surface area contributed by atoms with Crippen LogP contribution in [0, 0.1) is 0 Å². The van der Waals surface area contributed by atoms with E-state index in [9.17, 15) is 0 Å². The number of hydrogen-bond acceptors (Lipinski definition) is 2. The van der Waals surface area contributed by atoms with Crippen LogP contribution < -0.4 is 9.80 Å². The molecule has 0 bridgehead atoms. The molecule has 0 aliphatic rings. The highest BCUT2D eigenvalue weighted by molar-refractivity contribution is 6.47. The molecule has 0 unspecified atom stereocenters. The molecule has 0 atom stereocenters. The fourth-order valence-corrected chi connectivity index (χ4v) is 15.8. The minimum atomic E-state index is 1.13. The van der Waals surface area contributed by atoms with Crippen molar-refractivity contribution in [3.8, 4) is 33.4 Å². The van der Waals surface area contributed by atoms with Crippen LogP contribution in [-0.2, 0) is 0 Å². The van der Waals surface area contributed by atoms with Gasteiger partial charge >= 0.3 is 0 Å². The van der Waals surface area contributed by atoms with Crippen LogP contribution >= 0.6 is 0 Å². The molecule has 104 heavy (non-hydrogen) atoms. The summed E-state index contributed by atoms with van der Waals surface area (Å²) in [6.07, 6.45) is 4.55. The Morgan fingerprint density at radius 2 is 0.413 bits per heavy atom. The Hall–Kier alpha value is -13.7. The lowest BCUT2D eigenvalue weighted by Gasteiger charge is -2.27. The molecule has 2 nitrogen and oxygen atoms in total. The van der Waals surface area contributed by atoms with Gasteiger partial charge in [0.25, 0.3) is 0 Å². The van der Waals surface area contributed by atoms with Crippen LogP contribution in [0.15, 0.2) is 413 Å². The predicted octanol–water partition coefficient (Wildman–Crippen LogP) is 28.3. The molecule has 19 aromatic rings. The molecule has 0 aliphatic carbocycles. The van der Waals surface area contributed by atoms with Gasteiger partial charge in [-0.25, -0.2) is 0 Å². The SMILES string of the molecule is C(=C(c1ccccc1)c1ccccc1)c1ccc(-c2ccc(C=C(c3ccccc3)c3ccccc3)cc2)cc1.c1ccc(-c2c3c4cccc5c(N(c6ccccc6)c6ccccc6)ccc(c3c(-c3ccccc3)c3c6cccc7c(N(c8ccccc8)c8ccccc8)ccc(c23)c76)c54)cc1. The zero-order valence-electron chi connectivity index (χ0n) is 57.3. The highest BCUT2D eigenvalue weighted by Crippen LogP contribution is 2.58. The summed E-state index contributed by atoms with van der Waals surface area (Å²) in [6, 6.07) is 149. The quantitative estimate of drug-likeness (QED) is 0.0944. The van der Waals surface area contributed by atoms with Crippen molar-refractivity contribution < 1.29 is 0 Å². The fraction of sp³-hybridized carbons (Fsp3) is 0. The monoisotopic (exact) mass is 1320 g/mol. The van der Waals surface area contributed by atoms with Gasteiger partial charge in [0, 0.05) is 33.5 Å². The van der Waals surface area contributed by atoms with Gasteiger partial charge in [-0.3, -0.25) is 0 Å². The maximum Gasteiger partial charge on any atom is 0.0540 e. The Kier molecular flexibility index (Phi) is 16.7. The Balaban J connectivity index is 0.000000166. The topological polar surface area (TPSA) is 6.48 Å². The van der Waals surface area contributed by atoms with Crippen molar-refractivity contribution in [1.82, 2.24) is 0 Å². The molecule has 0 N–H and O–H groups in total. The molecule has 0 aromatic heterocycles. The van der Waals surface area contributed by atoms with Crippen LogP contribution in [0.3, 0.4) is 0 Å². The number of para-hydroxylation sites is 4. The molecule has 488 valence electrons. The highest BCUT2D eigenvalue weighted by atomic mass is 15.1. The molecule has 0 spiro atoms. The summed E-state index contributed by atoms with van der Waals surface area (Å²) in [5.41, 5.74) is 23.9. The Labute approximate surface area is 607 Å². The van der Waals surface area contributed by atoms with Crippen molar-refractivity contribution in [3.05, 3.63) is 446 Å². The number of nitrogens with zero attached hydrogens (tertiary/aromatic N) is 2. The molecule has 0 radical (unpaired) electrons. The summed E-state index contributed by atoms with van der Waals surface area (Å²) in [5, 5.41) is 15.3. The van der Waals surface area contributed by atoms with Crippen molar-refractivity contribution in [2.75, 3.05) is 9.80 Å². The van der Waals surface area contributed by atoms with E-state index in [0.29, 0.717) is 0 Å². The second-order valence-electron chi connectivity index (χ2n) is 26.5. The maximum atomic E-state index is 2.41. The molecule has 0 fully saturated rings. The van der Waals surface area contributed by atoms with Crippen LogP contribution in [-0.4, -0.2) is 0 Å². The van der Waals surface area contributed by atoms with E-state index in [1.165, 1.54) is 143 Å². The standard InChI is InChI=1S/C62H40N2.C40H30/c1-7-21-41(22-8-1)55-59-49-35-19-33-47-54(64(45-29-15-5-16-30-45)46-31-17-6-18-32-46)40-38-52(57(47)49)62(59)56(42-23-9-2-10-24-42)60-50-36-20-34-48-53(39-37-51(58(48)50)61(55)60)63(43-25-11-3-12-26-43)44-27-13-4-14-28-44;1-5-13-35(14-6-1)39(36-15-7-2-8-16-36)29-31-21-25-33(26-22-31)34-27-23-32(24-28-34)30-40(37-17-9-3-10-18-37)38-19-11-4-12-20-38/h1-40H;1-30H. The van der Waals surface area contributed by atoms with E-state index in [4.69, 9.17) is 0 Å². The van der Waals surface area contributed by atoms with Crippen LogP contribution in [0.5, 0.6) is 0 Å². The van der Waals surface area contributed by atoms with Crippen molar-refractivity contribution in [2.45, 2.75) is 0 Å². The van der Waals surface area contributed by atoms with Crippen LogP contribution in [0.2, 0.25) is 0 Å². The summed E-state index contributed by atoms with van der Waals surface area (Å²) in [7, 11) is 0. The first-order valence-electron chi connectivity index (χ1n) is 35.8. The Bertz CT molecular complexity index is 5620. The fourth-order valence-electron chi connectivity index (χ4n) is 15.8. The lowest BCUT2D eigenvalue weighted by atomic mass is 9.87. The second kappa shape index (κ2) is 27.8. The summed E-state index contributed by atoms with van der Waals surface area (Å²) in [4.78, 5) is 4.82. The van der Waals surface area contributed by atoms with Gasteiger partial charge in [0.15, 0.2) is 0 Å². The first kappa shape index (κ1) is 62.6. The molecule has 0 amide bonds. The highest BCUT2D eigenvalue weighted by Gasteiger charge is 2.30. The normalized spacial score (nSPS) is 11.3. The first-order chi connectivity index (χ1) is 51.7.